The molecule has 1 fully saturated rings. The van der Waals surface area contributed by atoms with E-state index in [1.807, 2.05) is 30.3 Å². The molecule has 9 heteroatoms. The first-order valence-corrected chi connectivity index (χ1v) is 9.18. The molecular formula is C18H28BN3O5. The van der Waals surface area contributed by atoms with Crippen molar-refractivity contribution in [3.05, 3.63) is 35.9 Å². The first-order valence-electron chi connectivity index (χ1n) is 9.18. The van der Waals surface area contributed by atoms with E-state index < -0.39 is 24.7 Å². The second kappa shape index (κ2) is 9.32. The zero-order valence-electron chi connectivity index (χ0n) is 15.3. The topological polar surface area (TPSA) is 150 Å². The van der Waals surface area contributed by atoms with Crippen LogP contribution in [0, 0.1) is 5.92 Å². The lowest BCUT2D eigenvalue weighted by Gasteiger charge is -2.42. The van der Waals surface area contributed by atoms with E-state index in [2.05, 4.69) is 0 Å². The van der Waals surface area contributed by atoms with Gasteiger partial charge in [-0.25, -0.2) is 0 Å². The molecule has 148 valence electrons. The standard InChI is InChI=1S/C18H28BN3O5/c20-15(7-6-13-4-2-1-3-5-13)16(23)22-11-14(8-9-19(26)27)10-18(21,12-22)17(24)25/h1-5,14-15,26-27H,6-12,20-21H2,(H,24,25)/t14-,15-,18+/m0/s1. The molecule has 0 radical (unpaired) electrons. The number of carbonyl (C=O) groups is 2. The number of aryl methyl sites for hydroxylation is 1. The van der Waals surface area contributed by atoms with Crippen molar-refractivity contribution in [3.63, 3.8) is 0 Å². The Morgan fingerprint density at radius 1 is 1.30 bits per heavy atom. The van der Waals surface area contributed by atoms with E-state index in [-0.39, 0.29) is 31.1 Å². The molecule has 1 amide bonds. The van der Waals surface area contributed by atoms with Crippen molar-refractivity contribution in [1.29, 1.82) is 0 Å². The van der Waals surface area contributed by atoms with Gasteiger partial charge in [0.05, 0.1) is 6.04 Å². The fraction of sp³-hybridized carbons (Fsp3) is 0.556. The summed E-state index contributed by atoms with van der Waals surface area (Å²) in [6, 6.07) is 8.93. The molecule has 1 aromatic carbocycles. The highest BCUT2D eigenvalue weighted by atomic mass is 16.4. The van der Waals surface area contributed by atoms with E-state index >= 15 is 0 Å². The van der Waals surface area contributed by atoms with E-state index in [1.165, 1.54) is 4.90 Å². The number of hydrogen-bond acceptors (Lipinski definition) is 6. The lowest BCUT2D eigenvalue weighted by Crippen LogP contribution is -2.64. The third kappa shape index (κ3) is 6.03. The summed E-state index contributed by atoms with van der Waals surface area (Å²) in [5.41, 5.74) is 11.6. The molecule has 1 aliphatic heterocycles. The molecule has 0 saturated carbocycles. The quantitative estimate of drug-likeness (QED) is 0.381. The van der Waals surface area contributed by atoms with Crippen LogP contribution in [0.5, 0.6) is 0 Å². The Balaban J connectivity index is 2.01. The van der Waals surface area contributed by atoms with Gasteiger partial charge in [0.15, 0.2) is 0 Å². The number of carboxylic acids is 1. The van der Waals surface area contributed by atoms with Gasteiger partial charge in [-0.1, -0.05) is 36.8 Å². The number of benzene rings is 1. The highest BCUT2D eigenvalue weighted by Crippen LogP contribution is 2.28. The zero-order chi connectivity index (χ0) is 20.0. The average Bonchev–Trinajstić information content (AvgIpc) is 2.64. The van der Waals surface area contributed by atoms with Crippen molar-refractivity contribution in [2.24, 2.45) is 17.4 Å². The van der Waals surface area contributed by atoms with Crippen LogP contribution >= 0.6 is 0 Å². The van der Waals surface area contributed by atoms with Gasteiger partial charge in [0.2, 0.25) is 5.91 Å². The predicted octanol–water partition coefficient (Wildman–Crippen LogP) is -0.560. The smallest absolute Gasteiger partial charge is 0.451 e. The minimum Gasteiger partial charge on any atom is -0.480 e. The van der Waals surface area contributed by atoms with Crippen molar-refractivity contribution in [2.45, 2.75) is 43.6 Å². The van der Waals surface area contributed by atoms with E-state index in [0.717, 1.165) is 5.56 Å². The van der Waals surface area contributed by atoms with E-state index in [1.54, 1.807) is 0 Å². The molecular weight excluding hydrogens is 349 g/mol. The summed E-state index contributed by atoms with van der Waals surface area (Å²) in [5.74, 6) is -1.73. The number of aliphatic carboxylic acids is 1. The number of piperidine rings is 1. The van der Waals surface area contributed by atoms with Gasteiger partial charge in [0.25, 0.3) is 0 Å². The van der Waals surface area contributed by atoms with Crippen LogP contribution in [0.25, 0.3) is 0 Å². The molecule has 1 saturated heterocycles. The number of hydrogen-bond donors (Lipinski definition) is 5. The van der Waals surface area contributed by atoms with Gasteiger partial charge in [0.1, 0.15) is 5.54 Å². The third-order valence-electron chi connectivity index (χ3n) is 5.08. The van der Waals surface area contributed by atoms with Gasteiger partial charge in [-0.3, -0.25) is 9.59 Å². The average molecular weight is 377 g/mol. The number of likely N-dealkylation sites (tertiary alicyclic amines) is 1. The summed E-state index contributed by atoms with van der Waals surface area (Å²) in [6.45, 7) is 0.217. The second-order valence-corrected chi connectivity index (χ2v) is 7.44. The summed E-state index contributed by atoms with van der Waals surface area (Å²) < 4.78 is 0. The minimum atomic E-state index is -1.56. The molecule has 0 bridgehead atoms. The minimum absolute atomic E-state index is 0.0988. The molecule has 0 spiro atoms. The molecule has 8 nitrogen and oxygen atoms in total. The molecule has 3 atom stereocenters. The van der Waals surface area contributed by atoms with Crippen molar-refractivity contribution < 1.29 is 24.7 Å². The van der Waals surface area contributed by atoms with Gasteiger partial charge >= 0.3 is 13.1 Å². The molecule has 0 aliphatic carbocycles. The third-order valence-corrected chi connectivity index (χ3v) is 5.08. The summed E-state index contributed by atoms with van der Waals surface area (Å²) in [5, 5.41) is 27.6. The van der Waals surface area contributed by atoms with Gasteiger partial charge in [-0.05, 0) is 37.1 Å². The summed E-state index contributed by atoms with van der Waals surface area (Å²) in [7, 11) is -1.47. The van der Waals surface area contributed by atoms with E-state index in [9.17, 15) is 14.7 Å². The largest absolute Gasteiger partial charge is 0.480 e. The first-order chi connectivity index (χ1) is 12.7. The Morgan fingerprint density at radius 3 is 2.56 bits per heavy atom. The Labute approximate surface area is 159 Å². The number of nitrogens with zero attached hydrogens (tertiary/aromatic N) is 1. The normalized spacial score (nSPS) is 23.7. The van der Waals surface area contributed by atoms with Crippen LogP contribution in [-0.4, -0.2) is 63.7 Å². The Hall–Kier alpha value is -1.94. The molecule has 1 aromatic rings. The Bertz CT molecular complexity index is 645. The molecule has 1 aliphatic rings. The number of amides is 1. The van der Waals surface area contributed by atoms with Gasteiger partial charge in [-0.2, -0.15) is 0 Å². The van der Waals surface area contributed by atoms with Gasteiger partial charge in [0, 0.05) is 13.1 Å². The van der Waals surface area contributed by atoms with Gasteiger partial charge < -0.3 is 31.5 Å². The molecule has 27 heavy (non-hydrogen) atoms. The van der Waals surface area contributed by atoms with Crippen LogP contribution in [0.4, 0.5) is 0 Å². The maximum Gasteiger partial charge on any atom is 0.451 e. The van der Waals surface area contributed by atoms with E-state index in [0.29, 0.717) is 25.8 Å². The van der Waals surface area contributed by atoms with Crippen LogP contribution in [0.2, 0.25) is 6.32 Å². The Morgan fingerprint density at radius 2 is 1.96 bits per heavy atom. The maximum absolute atomic E-state index is 12.8. The summed E-state index contributed by atoms with van der Waals surface area (Å²) >= 11 is 0. The van der Waals surface area contributed by atoms with Crippen molar-refractivity contribution in [3.8, 4) is 0 Å². The van der Waals surface area contributed by atoms with Crippen LogP contribution in [0.3, 0.4) is 0 Å². The number of rotatable bonds is 8. The maximum atomic E-state index is 12.8. The van der Waals surface area contributed by atoms with Crippen molar-refractivity contribution in [2.75, 3.05) is 13.1 Å². The van der Waals surface area contributed by atoms with Crippen LogP contribution in [0.1, 0.15) is 24.8 Å². The molecule has 7 N–H and O–H groups in total. The van der Waals surface area contributed by atoms with Crippen molar-refractivity contribution in [1.82, 2.24) is 4.90 Å². The monoisotopic (exact) mass is 377 g/mol. The lowest BCUT2D eigenvalue weighted by molar-refractivity contribution is -0.149. The first kappa shape index (κ1) is 21.4. The fourth-order valence-corrected chi connectivity index (χ4v) is 3.59. The molecule has 0 aromatic heterocycles. The van der Waals surface area contributed by atoms with Crippen LogP contribution < -0.4 is 11.5 Å². The second-order valence-electron chi connectivity index (χ2n) is 7.44. The highest BCUT2D eigenvalue weighted by molar-refractivity contribution is 6.40. The predicted molar refractivity (Wildman–Crippen MR) is 102 cm³/mol. The SMILES string of the molecule is N[C@@H](CCc1ccccc1)C(=O)N1C[C@@H](CCB(O)O)C[C@](N)(C(=O)O)C1. The van der Waals surface area contributed by atoms with Gasteiger partial charge in [-0.15, -0.1) is 0 Å². The van der Waals surface area contributed by atoms with Crippen molar-refractivity contribution >= 4 is 19.0 Å². The lowest BCUT2D eigenvalue weighted by atomic mass is 9.75. The van der Waals surface area contributed by atoms with E-state index in [4.69, 9.17) is 21.5 Å². The highest BCUT2D eigenvalue weighted by Gasteiger charge is 2.44. The summed E-state index contributed by atoms with van der Waals surface area (Å²) in [6.07, 6.45) is 1.74. The van der Waals surface area contributed by atoms with Crippen LogP contribution in [-0.2, 0) is 16.0 Å². The summed E-state index contributed by atoms with van der Waals surface area (Å²) in [4.78, 5) is 25.8. The molecule has 1 heterocycles. The number of carboxylic acid groups (broad SMARTS) is 1. The number of carbonyl (C=O) groups excluding carboxylic acids is 1. The molecule has 2 rings (SSSR count). The van der Waals surface area contributed by atoms with Crippen LogP contribution in [0.15, 0.2) is 30.3 Å². The zero-order valence-corrected chi connectivity index (χ0v) is 15.3. The molecule has 0 unspecified atom stereocenters. The Kier molecular flexibility index (Phi) is 7.37. The fourth-order valence-electron chi connectivity index (χ4n) is 3.59. The number of nitrogens with two attached hydrogens (primary N) is 2.